The van der Waals surface area contributed by atoms with Crippen LogP contribution in [0.15, 0.2) is 35.7 Å². The van der Waals surface area contributed by atoms with Crippen molar-refractivity contribution in [3.8, 4) is 0 Å². The quantitative estimate of drug-likeness (QED) is 0.844. The van der Waals surface area contributed by atoms with E-state index < -0.39 is 0 Å². The van der Waals surface area contributed by atoms with Crippen molar-refractivity contribution in [2.45, 2.75) is 31.7 Å². The molecule has 1 aromatic carbocycles. The Morgan fingerprint density at radius 2 is 2.22 bits per heavy atom. The lowest BCUT2D eigenvalue weighted by Gasteiger charge is -2.36. The molecule has 0 bridgehead atoms. The van der Waals surface area contributed by atoms with Crippen molar-refractivity contribution in [3.05, 3.63) is 51.7 Å². The van der Waals surface area contributed by atoms with Crippen molar-refractivity contribution in [2.24, 2.45) is 0 Å². The van der Waals surface area contributed by atoms with Crippen LogP contribution in [0.25, 0.3) is 0 Å². The average Bonchev–Trinajstić information content (AvgIpc) is 3.13. The molecule has 0 unspecified atom stereocenters. The van der Waals surface area contributed by atoms with Gasteiger partial charge in [-0.05, 0) is 50.0 Å². The summed E-state index contributed by atoms with van der Waals surface area (Å²) in [6.07, 6.45) is 1.58. The third-order valence-electron chi connectivity index (χ3n) is 5.13. The summed E-state index contributed by atoms with van der Waals surface area (Å²) >= 11 is 1.67. The van der Waals surface area contributed by atoms with E-state index in [1.165, 1.54) is 11.1 Å². The Kier molecular flexibility index (Phi) is 3.74. The zero-order chi connectivity index (χ0) is 16.0. The first-order valence-electron chi connectivity index (χ1n) is 8.27. The molecule has 2 aliphatic heterocycles. The van der Waals surface area contributed by atoms with Gasteiger partial charge in [0.15, 0.2) is 0 Å². The van der Waals surface area contributed by atoms with Crippen molar-refractivity contribution >= 4 is 22.9 Å². The molecule has 120 valence electrons. The monoisotopic (exact) mass is 326 g/mol. The number of hydrogen-bond donors (Lipinski definition) is 0. The summed E-state index contributed by atoms with van der Waals surface area (Å²) in [6.45, 7) is 4.25. The minimum absolute atomic E-state index is 0.245. The largest absolute Gasteiger partial charge is 0.308 e. The van der Waals surface area contributed by atoms with Crippen LogP contribution in [0.2, 0.25) is 0 Å². The molecule has 1 saturated heterocycles. The van der Waals surface area contributed by atoms with E-state index in [1.807, 2.05) is 11.4 Å². The molecule has 23 heavy (non-hydrogen) atoms. The molecular formula is C19H22N2OS. The molecule has 0 saturated carbocycles. The van der Waals surface area contributed by atoms with Gasteiger partial charge < -0.3 is 9.80 Å². The molecule has 0 spiro atoms. The molecule has 3 heterocycles. The number of piperidine rings is 1. The Morgan fingerprint density at radius 1 is 1.35 bits per heavy atom. The van der Waals surface area contributed by atoms with Crippen molar-refractivity contribution in [1.29, 1.82) is 0 Å². The van der Waals surface area contributed by atoms with Gasteiger partial charge in [0.1, 0.15) is 0 Å². The van der Waals surface area contributed by atoms with Gasteiger partial charge in [-0.2, -0.15) is 0 Å². The zero-order valence-electron chi connectivity index (χ0n) is 13.7. The summed E-state index contributed by atoms with van der Waals surface area (Å²) in [5, 5.41) is 2.04. The molecule has 2 aromatic rings. The highest BCUT2D eigenvalue weighted by Crippen LogP contribution is 2.45. The van der Waals surface area contributed by atoms with Gasteiger partial charge in [0.05, 0.1) is 6.42 Å². The first-order valence-corrected chi connectivity index (χ1v) is 9.15. The Hall–Kier alpha value is -1.65. The molecule has 0 aliphatic carbocycles. The predicted molar refractivity (Wildman–Crippen MR) is 95.3 cm³/mol. The number of thiophene rings is 1. The molecule has 4 rings (SSSR count). The zero-order valence-corrected chi connectivity index (χ0v) is 14.5. The van der Waals surface area contributed by atoms with Crippen molar-refractivity contribution < 1.29 is 4.79 Å². The number of carbonyl (C=O) groups is 1. The fourth-order valence-corrected chi connectivity index (χ4v) is 4.75. The molecule has 3 nitrogen and oxygen atoms in total. The Morgan fingerprint density at radius 3 is 3.00 bits per heavy atom. The van der Waals surface area contributed by atoms with Crippen molar-refractivity contribution in [3.63, 3.8) is 0 Å². The smallest absolute Gasteiger partial charge is 0.232 e. The first kappa shape index (κ1) is 14.9. The molecule has 1 aromatic heterocycles. The SMILES string of the molecule is Cc1ccc2c(c1)[C@H]1CN(C)CC[C@@H]1N2C(=O)Cc1cccs1. The van der Waals surface area contributed by atoms with Gasteiger partial charge in [-0.1, -0.05) is 23.8 Å². The van der Waals surface area contributed by atoms with Gasteiger partial charge in [-0.15, -0.1) is 11.3 Å². The van der Waals surface area contributed by atoms with Crippen LogP contribution in [0.3, 0.4) is 0 Å². The lowest BCUT2D eigenvalue weighted by atomic mass is 9.89. The minimum Gasteiger partial charge on any atom is -0.308 e. The van der Waals surface area contributed by atoms with E-state index in [2.05, 4.69) is 48.0 Å². The van der Waals surface area contributed by atoms with Crippen molar-refractivity contribution in [2.75, 3.05) is 25.0 Å². The van der Waals surface area contributed by atoms with Crippen LogP contribution in [0.5, 0.6) is 0 Å². The first-order chi connectivity index (χ1) is 11.1. The van der Waals surface area contributed by atoms with E-state index in [9.17, 15) is 4.79 Å². The standard InChI is InChI=1S/C19H22N2OS/c1-13-5-6-17-15(10-13)16-12-20(2)8-7-18(16)21(17)19(22)11-14-4-3-9-23-14/h3-6,9-10,16,18H,7-8,11-12H2,1-2H3/t16-,18+/m1/s1. The third kappa shape index (κ3) is 2.60. The summed E-state index contributed by atoms with van der Waals surface area (Å²) < 4.78 is 0. The van der Waals surface area contributed by atoms with Gasteiger partial charge >= 0.3 is 0 Å². The number of anilines is 1. The van der Waals surface area contributed by atoms with Crippen LogP contribution < -0.4 is 4.90 Å². The topological polar surface area (TPSA) is 23.6 Å². The van der Waals surface area contributed by atoms with Crippen LogP contribution in [0, 0.1) is 6.92 Å². The molecular weight excluding hydrogens is 304 g/mol. The van der Waals surface area contributed by atoms with E-state index in [0.29, 0.717) is 18.4 Å². The number of amides is 1. The Bertz CT molecular complexity index is 725. The predicted octanol–water partition coefficient (Wildman–Crippen LogP) is 3.43. The summed E-state index contributed by atoms with van der Waals surface area (Å²) in [4.78, 5) is 18.7. The highest BCUT2D eigenvalue weighted by Gasteiger charge is 2.43. The maximum atomic E-state index is 13.0. The highest BCUT2D eigenvalue weighted by molar-refractivity contribution is 7.10. The van der Waals surface area contributed by atoms with Gasteiger partial charge in [0, 0.05) is 29.1 Å². The van der Waals surface area contributed by atoms with E-state index in [0.717, 1.165) is 30.1 Å². The Balaban J connectivity index is 1.70. The van der Waals surface area contributed by atoms with E-state index in [1.54, 1.807) is 11.3 Å². The lowest BCUT2D eigenvalue weighted by Crippen LogP contribution is -2.47. The number of benzene rings is 1. The van der Waals surface area contributed by atoms with Crippen LogP contribution >= 0.6 is 11.3 Å². The molecule has 1 amide bonds. The molecule has 4 heteroatoms. The number of carbonyl (C=O) groups excluding carboxylic acids is 1. The third-order valence-corrected chi connectivity index (χ3v) is 6.00. The second kappa shape index (κ2) is 5.77. The highest BCUT2D eigenvalue weighted by atomic mass is 32.1. The fraction of sp³-hybridized carbons (Fsp3) is 0.421. The summed E-state index contributed by atoms with van der Waals surface area (Å²) in [6, 6.07) is 11.0. The molecule has 0 radical (unpaired) electrons. The molecule has 1 fully saturated rings. The summed E-state index contributed by atoms with van der Waals surface area (Å²) in [7, 11) is 2.18. The van der Waals surface area contributed by atoms with Crippen molar-refractivity contribution in [1.82, 2.24) is 4.90 Å². The summed E-state index contributed by atoms with van der Waals surface area (Å²) in [5.74, 6) is 0.700. The molecule has 2 aliphatic rings. The normalized spacial score (nSPS) is 23.7. The molecule has 0 N–H and O–H groups in total. The number of likely N-dealkylation sites (N-methyl/N-ethyl adjacent to an activating group) is 1. The van der Waals surface area contributed by atoms with Crippen LogP contribution in [-0.4, -0.2) is 37.0 Å². The number of fused-ring (bicyclic) bond motifs is 3. The van der Waals surface area contributed by atoms with Gasteiger partial charge in [-0.25, -0.2) is 0 Å². The number of hydrogen-bond acceptors (Lipinski definition) is 3. The number of rotatable bonds is 2. The van der Waals surface area contributed by atoms with Crippen LogP contribution in [0.1, 0.15) is 28.3 Å². The number of likely N-dealkylation sites (tertiary alicyclic amines) is 1. The molecule has 2 atom stereocenters. The van der Waals surface area contributed by atoms with Gasteiger partial charge in [-0.3, -0.25) is 4.79 Å². The van der Waals surface area contributed by atoms with E-state index in [-0.39, 0.29) is 5.91 Å². The number of aryl methyl sites for hydroxylation is 1. The maximum absolute atomic E-state index is 13.0. The van der Waals surface area contributed by atoms with Crippen LogP contribution in [-0.2, 0) is 11.2 Å². The maximum Gasteiger partial charge on any atom is 0.232 e. The van der Waals surface area contributed by atoms with E-state index in [4.69, 9.17) is 0 Å². The number of nitrogens with zero attached hydrogens (tertiary/aromatic N) is 2. The minimum atomic E-state index is 0.245. The van der Waals surface area contributed by atoms with Crippen LogP contribution in [0.4, 0.5) is 5.69 Å². The summed E-state index contributed by atoms with van der Waals surface area (Å²) in [5.41, 5.74) is 3.78. The fourth-order valence-electron chi connectivity index (χ4n) is 4.05. The van der Waals surface area contributed by atoms with E-state index >= 15 is 0 Å². The lowest BCUT2D eigenvalue weighted by molar-refractivity contribution is -0.118. The Labute approximate surface area is 141 Å². The van der Waals surface area contributed by atoms with Gasteiger partial charge in [0.2, 0.25) is 5.91 Å². The van der Waals surface area contributed by atoms with Gasteiger partial charge in [0.25, 0.3) is 0 Å². The second-order valence-electron chi connectivity index (χ2n) is 6.81. The average molecular weight is 326 g/mol. The second-order valence-corrected chi connectivity index (χ2v) is 7.84.